The molecule has 3 aromatic rings. The molecule has 2 aliphatic heterocycles. The fraction of sp³-hybridized carbons (Fsp3) is 0.450. The van der Waals surface area contributed by atoms with Gasteiger partial charge in [-0.3, -0.25) is 0 Å². The Bertz CT molecular complexity index is 1070. The summed E-state index contributed by atoms with van der Waals surface area (Å²) < 4.78 is 7.54. The van der Waals surface area contributed by atoms with E-state index in [2.05, 4.69) is 54.0 Å². The second kappa shape index (κ2) is 6.13. The summed E-state index contributed by atoms with van der Waals surface area (Å²) in [5.74, 6) is 4.94. The first-order valence-corrected chi connectivity index (χ1v) is 9.94. The number of pyridine rings is 1. The molecule has 148 valence electrons. The Morgan fingerprint density at radius 2 is 2.03 bits per heavy atom. The van der Waals surface area contributed by atoms with E-state index in [0.29, 0.717) is 30.2 Å². The Morgan fingerprint density at radius 3 is 2.83 bits per heavy atom. The number of piperidine rings is 1. The van der Waals surface area contributed by atoms with E-state index in [0.717, 1.165) is 42.8 Å². The highest BCUT2D eigenvalue weighted by Gasteiger charge is 2.58. The minimum absolute atomic E-state index is 0.410. The van der Waals surface area contributed by atoms with Crippen molar-refractivity contribution in [1.29, 1.82) is 0 Å². The molecule has 0 radical (unpaired) electrons. The highest BCUT2D eigenvalue weighted by molar-refractivity contribution is 5.63. The van der Waals surface area contributed by atoms with Crippen molar-refractivity contribution in [3.63, 3.8) is 0 Å². The van der Waals surface area contributed by atoms with Gasteiger partial charge in [-0.15, -0.1) is 0 Å². The van der Waals surface area contributed by atoms with Crippen molar-refractivity contribution < 1.29 is 4.52 Å². The SMILES string of the molecule is Cc1ccc(N2C[C@@H]3[C@H](C2)[C@H]3c2noc(CN3C=Nc4ncn(C)c4C3)n2)nc1. The van der Waals surface area contributed by atoms with Gasteiger partial charge in [0.1, 0.15) is 5.82 Å². The topological polar surface area (TPSA) is 88.5 Å². The van der Waals surface area contributed by atoms with Gasteiger partial charge < -0.3 is 18.9 Å². The molecule has 29 heavy (non-hydrogen) atoms. The molecule has 5 heterocycles. The molecule has 9 nitrogen and oxygen atoms in total. The first kappa shape index (κ1) is 16.7. The van der Waals surface area contributed by atoms with Crippen LogP contribution in [0.2, 0.25) is 0 Å². The minimum Gasteiger partial charge on any atom is -0.356 e. The quantitative estimate of drug-likeness (QED) is 0.673. The van der Waals surface area contributed by atoms with Crippen molar-refractivity contribution >= 4 is 18.0 Å². The second-order valence-corrected chi connectivity index (χ2v) is 8.27. The molecule has 1 saturated carbocycles. The highest BCUT2D eigenvalue weighted by atomic mass is 16.5. The van der Waals surface area contributed by atoms with Crippen LogP contribution in [0.4, 0.5) is 11.6 Å². The summed E-state index contributed by atoms with van der Waals surface area (Å²) in [5, 5.41) is 4.28. The van der Waals surface area contributed by atoms with Crippen molar-refractivity contribution in [3.8, 4) is 0 Å². The molecule has 3 aliphatic rings. The smallest absolute Gasteiger partial charge is 0.246 e. The van der Waals surface area contributed by atoms with Crippen LogP contribution in [-0.2, 0) is 20.1 Å². The van der Waals surface area contributed by atoms with Crippen molar-refractivity contribution in [2.45, 2.75) is 25.9 Å². The zero-order valence-corrected chi connectivity index (χ0v) is 16.4. The monoisotopic (exact) mass is 390 g/mol. The van der Waals surface area contributed by atoms with Crippen molar-refractivity contribution in [1.82, 2.24) is 29.6 Å². The van der Waals surface area contributed by atoms with Crippen LogP contribution in [0.3, 0.4) is 0 Å². The van der Waals surface area contributed by atoms with Crippen molar-refractivity contribution in [3.05, 3.63) is 47.6 Å². The van der Waals surface area contributed by atoms with E-state index < -0.39 is 0 Å². The van der Waals surface area contributed by atoms with Gasteiger partial charge >= 0.3 is 0 Å². The number of aliphatic imine (C=N–C) groups is 1. The average Bonchev–Trinajstić information content (AvgIpc) is 3.13. The first-order valence-electron chi connectivity index (χ1n) is 9.94. The zero-order chi connectivity index (χ0) is 19.5. The normalized spacial score (nSPS) is 24.7. The van der Waals surface area contributed by atoms with E-state index >= 15 is 0 Å². The van der Waals surface area contributed by atoms with Crippen LogP contribution in [0.25, 0.3) is 0 Å². The molecular formula is C20H22N8O. The molecule has 1 aliphatic carbocycles. The Kier molecular flexibility index (Phi) is 3.53. The largest absolute Gasteiger partial charge is 0.356 e. The molecule has 0 aromatic carbocycles. The van der Waals surface area contributed by atoms with Crippen LogP contribution in [-0.4, -0.2) is 49.0 Å². The van der Waals surface area contributed by atoms with Crippen LogP contribution in [0, 0.1) is 18.8 Å². The Balaban J connectivity index is 1.09. The fourth-order valence-corrected chi connectivity index (χ4v) is 4.58. The van der Waals surface area contributed by atoms with Crippen LogP contribution >= 0.6 is 0 Å². The maximum absolute atomic E-state index is 5.55. The third-order valence-electron chi connectivity index (χ3n) is 6.27. The van der Waals surface area contributed by atoms with Crippen molar-refractivity contribution in [2.24, 2.45) is 23.9 Å². The Hall–Kier alpha value is -3.23. The molecule has 0 amide bonds. The number of nitrogens with zero attached hydrogens (tertiary/aromatic N) is 8. The first-order chi connectivity index (χ1) is 14.2. The lowest BCUT2D eigenvalue weighted by atomic mass is 10.2. The molecule has 3 atom stereocenters. The predicted molar refractivity (Wildman–Crippen MR) is 106 cm³/mol. The number of rotatable bonds is 4. The summed E-state index contributed by atoms with van der Waals surface area (Å²) >= 11 is 0. The third-order valence-corrected chi connectivity index (χ3v) is 6.27. The van der Waals surface area contributed by atoms with E-state index in [4.69, 9.17) is 4.52 Å². The second-order valence-electron chi connectivity index (χ2n) is 8.27. The standard InChI is InChI=1S/C20H22N8O/c1-12-3-4-16(21-5-12)28-6-13-14(7-28)18(13)20-24-17(29-25-20)9-27-8-15-19(23-11-27)22-10-26(15)2/h3-5,10-11,13-14,18H,6-9H2,1-2H3/t13-,14+,18+. The van der Waals surface area contributed by atoms with Crippen LogP contribution in [0.15, 0.2) is 34.2 Å². The maximum atomic E-state index is 5.55. The molecule has 0 unspecified atom stereocenters. The molecule has 0 N–H and O–H groups in total. The van der Waals surface area contributed by atoms with Crippen LogP contribution in [0.1, 0.15) is 28.9 Å². The van der Waals surface area contributed by atoms with Crippen LogP contribution < -0.4 is 4.90 Å². The predicted octanol–water partition coefficient (Wildman–Crippen LogP) is 2.03. The van der Waals surface area contributed by atoms with Gasteiger partial charge in [0.15, 0.2) is 11.6 Å². The third kappa shape index (κ3) is 2.80. The fourth-order valence-electron chi connectivity index (χ4n) is 4.58. The lowest BCUT2D eigenvalue weighted by molar-refractivity contribution is 0.305. The summed E-state index contributed by atoms with van der Waals surface area (Å²) in [7, 11) is 1.98. The minimum atomic E-state index is 0.410. The number of anilines is 1. The maximum Gasteiger partial charge on any atom is 0.246 e. The molecule has 0 bridgehead atoms. The average molecular weight is 390 g/mol. The van der Waals surface area contributed by atoms with Gasteiger partial charge in [-0.2, -0.15) is 4.98 Å². The number of aryl methyl sites for hydroxylation is 2. The summed E-state index contributed by atoms with van der Waals surface area (Å²) in [5.41, 5.74) is 2.28. The van der Waals surface area contributed by atoms with Gasteiger partial charge in [0, 0.05) is 32.3 Å². The van der Waals surface area contributed by atoms with Crippen LogP contribution in [0.5, 0.6) is 0 Å². The van der Waals surface area contributed by atoms with Gasteiger partial charge in [0.2, 0.25) is 5.89 Å². The number of hydrogen-bond acceptors (Lipinski definition) is 8. The summed E-state index contributed by atoms with van der Waals surface area (Å²) in [6.07, 6.45) is 5.52. The Labute approximate surface area is 168 Å². The zero-order valence-electron chi connectivity index (χ0n) is 16.4. The molecular weight excluding hydrogens is 368 g/mol. The summed E-state index contributed by atoms with van der Waals surface area (Å²) in [4.78, 5) is 22.4. The van der Waals surface area contributed by atoms with E-state index in [1.807, 2.05) is 17.8 Å². The molecule has 0 spiro atoms. The molecule has 2 fully saturated rings. The lowest BCUT2D eigenvalue weighted by Crippen LogP contribution is -2.25. The molecule has 6 rings (SSSR count). The number of imidazole rings is 1. The number of hydrogen-bond donors (Lipinski definition) is 0. The van der Waals surface area contributed by atoms with Crippen molar-refractivity contribution in [2.75, 3.05) is 18.0 Å². The molecule has 3 aromatic heterocycles. The van der Waals surface area contributed by atoms with E-state index in [-0.39, 0.29) is 0 Å². The van der Waals surface area contributed by atoms with E-state index in [1.165, 1.54) is 5.56 Å². The number of fused-ring (bicyclic) bond motifs is 2. The molecule has 1 saturated heterocycles. The highest BCUT2D eigenvalue weighted by Crippen LogP contribution is 2.57. The Morgan fingerprint density at radius 1 is 1.17 bits per heavy atom. The van der Waals surface area contributed by atoms with Gasteiger partial charge in [0.25, 0.3) is 0 Å². The van der Waals surface area contributed by atoms with Gasteiger partial charge in [-0.05, 0) is 30.4 Å². The van der Waals surface area contributed by atoms with E-state index in [1.54, 1.807) is 12.7 Å². The number of aromatic nitrogens is 5. The lowest BCUT2D eigenvalue weighted by Gasteiger charge is -2.21. The van der Waals surface area contributed by atoms with E-state index in [9.17, 15) is 0 Å². The van der Waals surface area contributed by atoms with Gasteiger partial charge in [-0.1, -0.05) is 11.2 Å². The summed E-state index contributed by atoms with van der Waals surface area (Å²) in [6.45, 7) is 5.38. The van der Waals surface area contributed by atoms with Gasteiger partial charge in [0.05, 0.1) is 31.4 Å². The van der Waals surface area contributed by atoms with Gasteiger partial charge in [-0.25, -0.2) is 15.0 Å². The summed E-state index contributed by atoms with van der Waals surface area (Å²) in [6, 6.07) is 4.23. The molecule has 9 heteroatoms.